The summed E-state index contributed by atoms with van der Waals surface area (Å²) in [4.78, 5) is 0. The molecule has 3 unspecified atom stereocenters. The standard InChI is InChI=1S/C19H37NO/c1-5-20-17-12-11-16(19(2,3)4)13-18(17)21-14-15-9-7-6-8-10-15/h15-18,20H,5-14H2,1-4H3. The van der Waals surface area contributed by atoms with E-state index in [9.17, 15) is 0 Å². The van der Waals surface area contributed by atoms with E-state index < -0.39 is 0 Å². The summed E-state index contributed by atoms with van der Waals surface area (Å²) in [6.07, 6.45) is 11.4. The normalized spacial score (nSPS) is 32.3. The van der Waals surface area contributed by atoms with Gasteiger partial charge in [0.15, 0.2) is 0 Å². The Morgan fingerprint density at radius 1 is 1.00 bits per heavy atom. The molecule has 2 aliphatic rings. The second-order valence-electron chi connectivity index (χ2n) is 8.42. The maximum atomic E-state index is 6.45. The van der Waals surface area contributed by atoms with Crippen LogP contribution in [0.15, 0.2) is 0 Å². The minimum Gasteiger partial charge on any atom is -0.376 e. The molecular weight excluding hydrogens is 258 g/mol. The predicted octanol–water partition coefficient (Wildman–Crippen LogP) is 4.78. The van der Waals surface area contributed by atoms with Gasteiger partial charge in [-0.3, -0.25) is 0 Å². The highest BCUT2D eigenvalue weighted by molar-refractivity contribution is 4.90. The first-order chi connectivity index (χ1) is 10.0. The first-order valence-electron chi connectivity index (χ1n) is 9.35. The van der Waals surface area contributed by atoms with Gasteiger partial charge in [-0.25, -0.2) is 0 Å². The summed E-state index contributed by atoms with van der Waals surface area (Å²) < 4.78 is 6.45. The molecule has 0 aromatic carbocycles. The van der Waals surface area contributed by atoms with Crippen LogP contribution in [0.2, 0.25) is 0 Å². The molecule has 1 N–H and O–H groups in total. The summed E-state index contributed by atoms with van der Waals surface area (Å²) in [5.41, 5.74) is 0.420. The minimum atomic E-state index is 0.420. The first kappa shape index (κ1) is 17.3. The van der Waals surface area contributed by atoms with Crippen molar-refractivity contribution in [3.8, 4) is 0 Å². The number of hydrogen-bond acceptors (Lipinski definition) is 2. The second kappa shape index (κ2) is 7.97. The van der Waals surface area contributed by atoms with Gasteiger partial charge in [0, 0.05) is 12.6 Å². The molecular formula is C19H37NO. The Hall–Kier alpha value is -0.0800. The minimum absolute atomic E-state index is 0.420. The van der Waals surface area contributed by atoms with Gasteiger partial charge in [-0.1, -0.05) is 47.0 Å². The van der Waals surface area contributed by atoms with Crippen molar-refractivity contribution in [2.45, 2.75) is 91.2 Å². The number of rotatable bonds is 5. The van der Waals surface area contributed by atoms with Crippen molar-refractivity contribution in [2.24, 2.45) is 17.3 Å². The Morgan fingerprint density at radius 3 is 2.33 bits per heavy atom. The van der Waals surface area contributed by atoms with Gasteiger partial charge in [0.2, 0.25) is 0 Å². The van der Waals surface area contributed by atoms with E-state index in [1.54, 1.807) is 0 Å². The van der Waals surface area contributed by atoms with E-state index in [-0.39, 0.29) is 0 Å². The van der Waals surface area contributed by atoms with E-state index in [1.165, 1.54) is 51.4 Å². The third kappa shape index (κ3) is 5.25. The van der Waals surface area contributed by atoms with Gasteiger partial charge in [0.05, 0.1) is 6.10 Å². The smallest absolute Gasteiger partial charge is 0.0731 e. The highest BCUT2D eigenvalue weighted by atomic mass is 16.5. The van der Waals surface area contributed by atoms with Crippen molar-refractivity contribution in [3.63, 3.8) is 0 Å². The monoisotopic (exact) mass is 295 g/mol. The molecule has 0 saturated heterocycles. The van der Waals surface area contributed by atoms with Crippen molar-refractivity contribution in [1.29, 1.82) is 0 Å². The summed E-state index contributed by atoms with van der Waals surface area (Å²) in [6, 6.07) is 0.581. The third-order valence-corrected chi connectivity index (χ3v) is 5.75. The number of ether oxygens (including phenoxy) is 1. The molecule has 2 aliphatic carbocycles. The molecule has 0 amide bonds. The topological polar surface area (TPSA) is 21.3 Å². The Kier molecular flexibility index (Phi) is 6.55. The van der Waals surface area contributed by atoms with E-state index in [1.807, 2.05) is 0 Å². The highest BCUT2D eigenvalue weighted by Crippen LogP contribution is 2.39. The van der Waals surface area contributed by atoms with Crippen molar-refractivity contribution in [2.75, 3.05) is 13.2 Å². The van der Waals surface area contributed by atoms with Crippen LogP contribution in [0.3, 0.4) is 0 Å². The van der Waals surface area contributed by atoms with Gasteiger partial charge in [-0.2, -0.15) is 0 Å². The molecule has 2 saturated carbocycles. The second-order valence-corrected chi connectivity index (χ2v) is 8.42. The summed E-state index contributed by atoms with van der Waals surface area (Å²) >= 11 is 0. The summed E-state index contributed by atoms with van der Waals surface area (Å²) in [5.74, 6) is 1.64. The fourth-order valence-electron chi connectivity index (χ4n) is 4.21. The Morgan fingerprint density at radius 2 is 1.71 bits per heavy atom. The SMILES string of the molecule is CCNC1CCC(C(C)(C)C)CC1OCC1CCCCC1. The van der Waals surface area contributed by atoms with Crippen LogP contribution < -0.4 is 5.32 Å². The predicted molar refractivity (Wildman–Crippen MR) is 90.6 cm³/mol. The molecule has 0 spiro atoms. The molecule has 0 aromatic heterocycles. The summed E-state index contributed by atoms with van der Waals surface area (Å²) in [6.45, 7) is 11.5. The molecule has 124 valence electrons. The number of nitrogens with one attached hydrogen (secondary N) is 1. The number of likely N-dealkylation sites (N-methyl/N-ethyl adjacent to an activating group) is 1. The van der Waals surface area contributed by atoms with Gasteiger partial charge in [0.1, 0.15) is 0 Å². The fraction of sp³-hybridized carbons (Fsp3) is 1.00. The lowest BCUT2D eigenvalue weighted by molar-refractivity contribution is -0.0441. The lowest BCUT2D eigenvalue weighted by atomic mass is 9.70. The molecule has 0 aliphatic heterocycles. The molecule has 0 bridgehead atoms. The third-order valence-electron chi connectivity index (χ3n) is 5.75. The Balaban J connectivity index is 1.87. The van der Waals surface area contributed by atoms with E-state index in [2.05, 4.69) is 33.0 Å². The van der Waals surface area contributed by atoms with Gasteiger partial charge in [-0.15, -0.1) is 0 Å². The van der Waals surface area contributed by atoms with Crippen molar-refractivity contribution < 1.29 is 4.74 Å². The molecule has 0 aromatic rings. The van der Waals surface area contributed by atoms with Crippen LogP contribution in [0, 0.1) is 17.3 Å². The summed E-state index contributed by atoms with van der Waals surface area (Å²) in [5, 5.41) is 3.67. The molecule has 2 rings (SSSR count). The van der Waals surface area contributed by atoms with Crippen LogP contribution in [-0.4, -0.2) is 25.3 Å². The molecule has 0 heterocycles. The maximum absolute atomic E-state index is 6.45. The van der Waals surface area contributed by atoms with Gasteiger partial charge >= 0.3 is 0 Å². The van der Waals surface area contributed by atoms with Gasteiger partial charge < -0.3 is 10.1 Å². The molecule has 2 fully saturated rings. The van der Waals surface area contributed by atoms with Crippen LogP contribution in [0.4, 0.5) is 0 Å². The molecule has 2 heteroatoms. The molecule has 3 atom stereocenters. The van der Waals surface area contributed by atoms with E-state index in [0.717, 1.165) is 25.0 Å². The zero-order chi connectivity index (χ0) is 15.3. The quantitative estimate of drug-likeness (QED) is 0.788. The van der Waals surface area contributed by atoms with Gasteiger partial charge in [-0.05, 0) is 55.9 Å². The molecule has 0 radical (unpaired) electrons. The average molecular weight is 296 g/mol. The molecule has 2 nitrogen and oxygen atoms in total. The lowest BCUT2D eigenvalue weighted by Gasteiger charge is -2.42. The Labute approximate surface area is 132 Å². The van der Waals surface area contributed by atoms with Crippen LogP contribution in [-0.2, 0) is 4.74 Å². The van der Waals surface area contributed by atoms with Crippen molar-refractivity contribution in [3.05, 3.63) is 0 Å². The maximum Gasteiger partial charge on any atom is 0.0731 e. The zero-order valence-corrected chi connectivity index (χ0v) is 14.8. The zero-order valence-electron chi connectivity index (χ0n) is 14.8. The van der Waals surface area contributed by atoms with Crippen molar-refractivity contribution in [1.82, 2.24) is 5.32 Å². The van der Waals surface area contributed by atoms with Crippen molar-refractivity contribution >= 4 is 0 Å². The first-order valence-corrected chi connectivity index (χ1v) is 9.35. The van der Waals surface area contributed by atoms with Crippen LogP contribution >= 0.6 is 0 Å². The van der Waals surface area contributed by atoms with E-state index in [4.69, 9.17) is 4.74 Å². The van der Waals surface area contributed by atoms with Gasteiger partial charge in [0.25, 0.3) is 0 Å². The fourth-order valence-corrected chi connectivity index (χ4v) is 4.21. The van der Waals surface area contributed by atoms with Crippen LogP contribution in [0.25, 0.3) is 0 Å². The Bertz CT molecular complexity index is 290. The van der Waals surface area contributed by atoms with Crippen LogP contribution in [0.5, 0.6) is 0 Å². The van der Waals surface area contributed by atoms with Crippen LogP contribution in [0.1, 0.15) is 79.1 Å². The summed E-state index contributed by atoms with van der Waals surface area (Å²) in [7, 11) is 0. The van der Waals surface area contributed by atoms with E-state index in [0.29, 0.717) is 17.6 Å². The molecule has 21 heavy (non-hydrogen) atoms. The average Bonchev–Trinajstić information content (AvgIpc) is 2.46. The highest BCUT2D eigenvalue weighted by Gasteiger charge is 2.36. The van der Waals surface area contributed by atoms with E-state index >= 15 is 0 Å². The number of hydrogen-bond donors (Lipinski definition) is 1. The largest absolute Gasteiger partial charge is 0.376 e. The lowest BCUT2D eigenvalue weighted by Crippen LogP contribution is -2.48.